The molecule has 324 valence electrons. The van der Waals surface area contributed by atoms with Crippen molar-refractivity contribution in [3.05, 3.63) is 200 Å². The van der Waals surface area contributed by atoms with Crippen LogP contribution in [0.1, 0.15) is 119 Å². The van der Waals surface area contributed by atoms with Crippen molar-refractivity contribution in [2.24, 2.45) is 0 Å². The first-order valence-electron chi connectivity index (χ1n) is 19.9. The molecule has 2 aliphatic rings. The first-order valence-corrected chi connectivity index (χ1v) is 19.9. The number of carbonyl (C=O) groups is 2. The molecule has 0 aliphatic heterocycles. The minimum atomic E-state index is -2.21. The van der Waals surface area contributed by atoms with Crippen LogP contribution in [-0.2, 0) is 50.4 Å². The summed E-state index contributed by atoms with van der Waals surface area (Å²) in [5.41, 5.74) is 3.42. The van der Waals surface area contributed by atoms with Crippen molar-refractivity contribution in [3.63, 3.8) is 0 Å². The van der Waals surface area contributed by atoms with Crippen molar-refractivity contribution in [3.8, 4) is 0 Å². The van der Waals surface area contributed by atoms with Crippen LogP contribution >= 0.6 is 0 Å². The molecular weight excluding hydrogens is 955 g/mol. The van der Waals surface area contributed by atoms with Gasteiger partial charge in [-0.3, -0.25) is 19.0 Å². The Kier molecular flexibility index (Phi) is 17.6. The number of hydrogen-bond donors (Lipinski definition) is 0. The molecule has 0 spiro atoms. The largest absolute Gasteiger partial charge is 2.00 e. The van der Waals surface area contributed by atoms with Crippen LogP contribution in [0.2, 0.25) is 0 Å². The van der Waals surface area contributed by atoms with Crippen molar-refractivity contribution in [1.29, 1.82) is 0 Å². The smallest absolute Gasteiger partial charge is 0.874 e. The van der Waals surface area contributed by atoms with Gasteiger partial charge in [-0.25, -0.2) is 0 Å². The van der Waals surface area contributed by atoms with E-state index in [1.807, 2.05) is 0 Å². The molecule has 12 heteroatoms. The minimum Gasteiger partial charge on any atom is -0.874 e. The number of allylic oxidation sites excluding steroid dienone is 2. The number of hydrogen-bond acceptors (Lipinski definition) is 8. The monoisotopic (exact) mass is 1010 g/mol. The van der Waals surface area contributed by atoms with E-state index in [0.29, 0.717) is 11.8 Å². The Labute approximate surface area is 390 Å². The summed E-state index contributed by atoms with van der Waals surface area (Å²) in [6, 6.07) is 30.2. The normalized spacial score (nSPS) is 17.6. The molecule has 6 aromatic rings. The number of Topliss-reactive ketones (excluding diaryl/α,β-unsaturated/α-hetero) is 2. The topological polar surface area (TPSA) is 162 Å². The zero-order valence-corrected chi connectivity index (χ0v) is 40.1. The molecular formula is C50H52N4O6Ru2. The van der Waals surface area contributed by atoms with E-state index in [1.54, 1.807) is 50.2 Å². The second kappa shape index (κ2) is 21.3. The molecule has 0 fully saturated rings. The number of aryl methyl sites for hydroxylation is 4. The molecule has 0 saturated heterocycles. The first kappa shape index (κ1) is 51.2. The molecule has 2 heterocycles. The maximum atomic E-state index is 13.2. The molecule has 2 aromatic heterocycles. The van der Waals surface area contributed by atoms with E-state index in [4.69, 9.17) is 0 Å². The van der Waals surface area contributed by atoms with E-state index in [-0.39, 0.29) is 83.9 Å². The second-order valence-electron chi connectivity index (χ2n) is 16.0. The van der Waals surface area contributed by atoms with Gasteiger partial charge in [-0.1, -0.05) is 136 Å². The molecule has 4 aromatic carbocycles. The third kappa shape index (κ3) is 10.6. The molecule has 0 saturated carbocycles. The Morgan fingerprint density at radius 3 is 1.06 bits per heavy atom. The van der Waals surface area contributed by atoms with Crippen molar-refractivity contribution < 1.29 is 69.0 Å². The predicted molar refractivity (Wildman–Crippen MR) is 226 cm³/mol. The number of nitrogens with zero attached hydrogens (tertiary/aromatic N) is 4. The molecule has 8 rings (SSSR count). The fourth-order valence-corrected chi connectivity index (χ4v) is 6.84. The molecule has 0 N–H and O–H groups in total. The third-order valence-electron chi connectivity index (χ3n) is 10.6. The fourth-order valence-electron chi connectivity index (χ4n) is 6.84. The van der Waals surface area contributed by atoms with Gasteiger partial charge >= 0.3 is 39.0 Å². The molecule has 2 aliphatic carbocycles. The van der Waals surface area contributed by atoms with E-state index in [0.717, 1.165) is 20.5 Å². The summed E-state index contributed by atoms with van der Waals surface area (Å²) in [4.78, 5) is 24.2. The molecule has 0 unspecified atom stereocenters. The maximum Gasteiger partial charge on any atom is 2.00 e. The number of fused-ring (bicyclic) bond motifs is 2. The Hall–Kier alpha value is -5.11. The van der Waals surface area contributed by atoms with Gasteiger partial charge in [-0.05, 0) is 97.9 Å². The zero-order chi connectivity index (χ0) is 44.1. The number of carbonyl (C=O) groups excluding carboxylic acids is 2. The van der Waals surface area contributed by atoms with Crippen LogP contribution in [0.4, 0.5) is 0 Å². The average Bonchev–Trinajstić information content (AvgIpc) is 3.90. The summed E-state index contributed by atoms with van der Waals surface area (Å²) in [5, 5.41) is 59.2. The molecule has 0 radical (unpaired) electrons. The maximum absolute atomic E-state index is 13.2. The van der Waals surface area contributed by atoms with Gasteiger partial charge in [0.1, 0.15) is 0 Å². The Morgan fingerprint density at radius 2 is 0.790 bits per heavy atom. The van der Waals surface area contributed by atoms with Crippen LogP contribution in [0.15, 0.2) is 145 Å². The first-order chi connectivity index (χ1) is 28.3. The number of rotatable bonds is 4. The fraction of sp³-hybridized carbons (Fsp3) is 0.280. The average molecular weight is 1010 g/mol. The standard InChI is InChI=1S/2C15H13N2O3.2C10H14.2Ru/c2*1-9-7-16-17(8-9)15(20)12-6-4-3-5-11(12)13(18)10(2)14(15)19;2*1-8(2)10-6-4-9(3)5-7-10;;/h2*3-8,19H,1-2H3;2*4-8H,1-3H3;;/q2*-1;;;2*+2/p-2/t2*15-;;;;/m10..../s1. The Balaban J connectivity index is 0.000000229. The van der Waals surface area contributed by atoms with Crippen LogP contribution in [0.3, 0.4) is 0 Å². The number of aromatic nitrogens is 4. The van der Waals surface area contributed by atoms with E-state index < -0.39 is 23.0 Å². The SMILES string of the molecule is CC1=C([O-])[C@@]([O-])(n2cc(C)cn2)c2ccccc2C1=O.CC1=C([O-])[C@]([O-])(n2cc(C)cn2)c2ccccc2C1=O.Cc1ccc(C(C)C)cc1.Cc1ccc(C(C)C)cc1.[Ru+2].[Ru+2]. The van der Waals surface area contributed by atoms with Crippen LogP contribution in [-0.4, -0.2) is 31.1 Å². The summed E-state index contributed by atoms with van der Waals surface area (Å²) in [6.07, 6.45) is 6.07. The summed E-state index contributed by atoms with van der Waals surface area (Å²) in [6.45, 7) is 19.4. The second-order valence-corrected chi connectivity index (χ2v) is 16.0. The molecule has 2 atom stereocenters. The van der Waals surface area contributed by atoms with E-state index in [1.165, 1.54) is 73.0 Å². The molecule has 62 heavy (non-hydrogen) atoms. The van der Waals surface area contributed by atoms with Crippen LogP contribution in [0.25, 0.3) is 0 Å². The number of benzene rings is 4. The quantitative estimate of drug-likeness (QED) is 0.184. The summed E-state index contributed by atoms with van der Waals surface area (Å²) in [7, 11) is 0. The number of ketones is 2. The minimum absolute atomic E-state index is 0. The molecule has 10 nitrogen and oxygen atoms in total. The van der Waals surface area contributed by atoms with E-state index >= 15 is 0 Å². The van der Waals surface area contributed by atoms with Crippen LogP contribution in [0, 0.1) is 27.7 Å². The van der Waals surface area contributed by atoms with Gasteiger partial charge in [-0.2, -0.15) is 10.2 Å². The van der Waals surface area contributed by atoms with Gasteiger partial charge in [0, 0.05) is 35.0 Å². The van der Waals surface area contributed by atoms with Gasteiger partial charge < -0.3 is 20.4 Å². The van der Waals surface area contributed by atoms with Crippen molar-refractivity contribution in [1.82, 2.24) is 19.6 Å². The van der Waals surface area contributed by atoms with Gasteiger partial charge in [0.25, 0.3) is 0 Å². The summed E-state index contributed by atoms with van der Waals surface area (Å²) >= 11 is 0. The molecule has 0 bridgehead atoms. The Bertz CT molecular complexity index is 2380. The predicted octanol–water partition coefficient (Wildman–Crippen LogP) is 6.40. The van der Waals surface area contributed by atoms with E-state index in [9.17, 15) is 30.0 Å². The summed E-state index contributed by atoms with van der Waals surface area (Å²) in [5.74, 6) is -0.961. The van der Waals surface area contributed by atoms with Gasteiger partial charge in [-0.15, -0.1) is 11.5 Å². The zero-order valence-electron chi connectivity index (χ0n) is 36.6. The van der Waals surface area contributed by atoms with Gasteiger partial charge in [0.2, 0.25) is 0 Å². The van der Waals surface area contributed by atoms with Gasteiger partial charge in [0.05, 0.1) is 12.4 Å². The third-order valence-corrected chi connectivity index (χ3v) is 10.6. The Morgan fingerprint density at radius 1 is 0.484 bits per heavy atom. The van der Waals surface area contributed by atoms with Crippen molar-refractivity contribution in [2.45, 2.75) is 92.5 Å². The molecule has 0 amide bonds. The van der Waals surface area contributed by atoms with Gasteiger partial charge in [0.15, 0.2) is 11.6 Å². The van der Waals surface area contributed by atoms with Crippen molar-refractivity contribution in [2.75, 3.05) is 0 Å². The van der Waals surface area contributed by atoms with E-state index in [2.05, 4.69) is 100 Å². The van der Waals surface area contributed by atoms with Crippen molar-refractivity contribution >= 4 is 11.6 Å². The van der Waals surface area contributed by atoms with Crippen LogP contribution < -0.4 is 20.4 Å². The van der Waals surface area contributed by atoms with Crippen LogP contribution in [0.5, 0.6) is 0 Å². The summed E-state index contributed by atoms with van der Waals surface area (Å²) < 4.78 is 2.19.